The highest BCUT2D eigenvalue weighted by Gasteiger charge is 2.05. The highest BCUT2D eigenvalue weighted by atomic mass is 16.5. The van der Waals surface area contributed by atoms with E-state index in [1.54, 1.807) is 19.1 Å². The van der Waals surface area contributed by atoms with Crippen LogP contribution in [0.25, 0.3) is 0 Å². The first-order valence-corrected chi connectivity index (χ1v) is 4.09. The summed E-state index contributed by atoms with van der Waals surface area (Å²) in [6.07, 6.45) is 0. The number of rotatable bonds is 2. The quantitative estimate of drug-likeness (QED) is 0.563. The number of carbonyl (C=O) groups is 2. The highest BCUT2D eigenvalue weighted by Crippen LogP contribution is 2.16. The van der Waals surface area contributed by atoms with Gasteiger partial charge in [-0.25, -0.2) is 0 Å². The van der Waals surface area contributed by atoms with E-state index in [9.17, 15) is 9.59 Å². The first-order chi connectivity index (χ1) is 6.49. The molecule has 4 nitrogen and oxygen atoms in total. The Morgan fingerprint density at radius 1 is 1.29 bits per heavy atom. The number of benzene rings is 1. The van der Waals surface area contributed by atoms with E-state index in [4.69, 9.17) is 10.5 Å². The summed E-state index contributed by atoms with van der Waals surface area (Å²) >= 11 is 0. The number of primary amides is 1. The summed E-state index contributed by atoms with van der Waals surface area (Å²) in [5.74, 6) is -0.626. The molecule has 0 saturated heterocycles. The molecule has 0 aliphatic carbocycles. The zero-order chi connectivity index (χ0) is 10.7. The summed E-state index contributed by atoms with van der Waals surface area (Å²) in [5.41, 5.74) is 6.25. The number of hydrogen-bond donors (Lipinski definition) is 1. The zero-order valence-corrected chi connectivity index (χ0v) is 8.03. The molecule has 0 atom stereocenters. The van der Waals surface area contributed by atoms with E-state index in [-0.39, 0.29) is 0 Å². The normalized spacial score (nSPS) is 9.57. The van der Waals surface area contributed by atoms with E-state index >= 15 is 0 Å². The minimum absolute atomic E-state index is 0.334. The molecule has 0 spiro atoms. The van der Waals surface area contributed by atoms with Crippen LogP contribution < -0.4 is 10.5 Å². The fourth-order valence-electron chi connectivity index (χ4n) is 1.12. The maximum Gasteiger partial charge on any atom is 0.308 e. The Morgan fingerprint density at radius 3 is 2.43 bits per heavy atom. The van der Waals surface area contributed by atoms with Gasteiger partial charge in [-0.3, -0.25) is 9.59 Å². The van der Waals surface area contributed by atoms with Crippen LogP contribution in [0.2, 0.25) is 0 Å². The Balaban J connectivity index is 3.07. The molecule has 1 aromatic carbocycles. The summed E-state index contributed by atoms with van der Waals surface area (Å²) in [6, 6.07) is 4.74. The molecule has 0 aromatic heterocycles. The van der Waals surface area contributed by atoms with Gasteiger partial charge in [0.15, 0.2) is 0 Å². The van der Waals surface area contributed by atoms with Crippen LogP contribution in [0, 0.1) is 6.92 Å². The SMILES string of the molecule is CC(=O)Oc1cc(C)cc(C(N)=O)c1. The van der Waals surface area contributed by atoms with Gasteiger partial charge >= 0.3 is 5.97 Å². The third-order valence-electron chi connectivity index (χ3n) is 1.60. The van der Waals surface area contributed by atoms with Gasteiger partial charge in [0.1, 0.15) is 5.75 Å². The van der Waals surface area contributed by atoms with Crippen molar-refractivity contribution in [1.82, 2.24) is 0 Å². The van der Waals surface area contributed by atoms with Crippen molar-refractivity contribution in [3.63, 3.8) is 0 Å². The average Bonchev–Trinajstić information content (AvgIpc) is 2.01. The molecule has 0 heterocycles. The van der Waals surface area contributed by atoms with E-state index in [1.165, 1.54) is 13.0 Å². The van der Waals surface area contributed by atoms with E-state index in [2.05, 4.69) is 0 Å². The molecule has 1 rings (SSSR count). The van der Waals surface area contributed by atoms with Gasteiger partial charge in [0, 0.05) is 12.5 Å². The van der Waals surface area contributed by atoms with Gasteiger partial charge in [0.2, 0.25) is 5.91 Å². The summed E-state index contributed by atoms with van der Waals surface area (Å²) < 4.78 is 4.84. The van der Waals surface area contributed by atoms with Crippen molar-refractivity contribution < 1.29 is 14.3 Å². The van der Waals surface area contributed by atoms with E-state index in [0.29, 0.717) is 11.3 Å². The Kier molecular flexibility index (Phi) is 2.86. The predicted octanol–water partition coefficient (Wildman–Crippen LogP) is 1.02. The van der Waals surface area contributed by atoms with Crippen molar-refractivity contribution in [3.8, 4) is 5.75 Å². The lowest BCUT2D eigenvalue weighted by atomic mass is 10.1. The molecule has 0 radical (unpaired) electrons. The molecule has 1 aromatic rings. The van der Waals surface area contributed by atoms with Gasteiger partial charge < -0.3 is 10.5 Å². The monoisotopic (exact) mass is 193 g/mol. The molecule has 74 valence electrons. The van der Waals surface area contributed by atoms with Crippen molar-refractivity contribution in [2.75, 3.05) is 0 Å². The molecule has 2 N–H and O–H groups in total. The van der Waals surface area contributed by atoms with E-state index in [0.717, 1.165) is 5.56 Å². The first-order valence-electron chi connectivity index (χ1n) is 4.09. The second-order valence-corrected chi connectivity index (χ2v) is 2.99. The smallest absolute Gasteiger partial charge is 0.308 e. The van der Waals surface area contributed by atoms with Crippen molar-refractivity contribution in [2.24, 2.45) is 5.73 Å². The lowest BCUT2D eigenvalue weighted by Crippen LogP contribution is -2.11. The van der Waals surface area contributed by atoms with Gasteiger partial charge in [-0.15, -0.1) is 0 Å². The van der Waals surface area contributed by atoms with Crippen LogP contribution in [-0.4, -0.2) is 11.9 Å². The molecule has 0 aliphatic rings. The maximum absolute atomic E-state index is 10.9. The molecule has 0 saturated carbocycles. The van der Waals surface area contributed by atoms with Crippen LogP contribution in [0.15, 0.2) is 18.2 Å². The number of nitrogens with two attached hydrogens (primary N) is 1. The van der Waals surface area contributed by atoms with Crippen LogP contribution >= 0.6 is 0 Å². The van der Waals surface area contributed by atoms with Crippen LogP contribution in [0.4, 0.5) is 0 Å². The molecule has 14 heavy (non-hydrogen) atoms. The van der Waals surface area contributed by atoms with Crippen molar-refractivity contribution in [1.29, 1.82) is 0 Å². The lowest BCUT2D eigenvalue weighted by Gasteiger charge is -2.04. The van der Waals surface area contributed by atoms with E-state index in [1.807, 2.05) is 0 Å². The molecular weight excluding hydrogens is 182 g/mol. The predicted molar refractivity (Wildman–Crippen MR) is 51.0 cm³/mol. The fourth-order valence-corrected chi connectivity index (χ4v) is 1.12. The van der Waals surface area contributed by atoms with Gasteiger partial charge in [-0.05, 0) is 30.7 Å². The molecule has 0 unspecified atom stereocenters. The third kappa shape index (κ3) is 2.58. The second kappa shape index (κ2) is 3.91. The van der Waals surface area contributed by atoms with Gasteiger partial charge in [-0.2, -0.15) is 0 Å². The minimum Gasteiger partial charge on any atom is -0.427 e. The van der Waals surface area contributed by atoms with Crippen molar-refractivity contribution in [2.45, 2.75) is 13.8 Å². The fraction of sp³-hybridized carbons (Fsp3) is 0.200. The number of ether oxygens (including phenoxy) is 1. The van der Waals surface area contributed by atoms with Crippen LogP contribution in [0.3, 0.4) is 0 Å². The number of esters is 1. The summed E-state index contributed by atoms with van der Waals surface area (Å²) in [7, 11) is 0. The largest absolute Gasteiger partial charge is 0.427 e. The summed E-state index contributed by atoms with van der Waals surface area (Å²) in [5, 5.41) is 0. The van der Waals surface area contributed by atoms with E-state index < -0.39 is 11.9 Å². The van der Waals surface area contributed by atoms with Gasteiger partial charge in [-0.1, -0.05) is 0 Å². The van der Waals surface area contributed by atoms with Crippen molar-refractivity contribution >= 4 is 11.9 Å². The summed E-state index contributed by atoms with van der Waals surface area (Å²) in [6.45, 7) is 3.09. The molecular formula is C10H11NO3. The zero-order valence-electron chi connectivity index (χ0n) is 8.03. The molecule has 0 aliphatic heterocycles. The van der Waals surface area contributed by atoms with Crippen molar-refractivity contribution in [3.05, 3.63) is 29.3 Å². The number of carbonyl (C=O) groups excluding carboxylic acids is 2. The Hall–Kier alpha value is -1.84. The second-order valence-electron chi connectivity index (χ2n) is 2.99. The van der Waals surface area contributed by atoms with Crippen LogP contribution in [-0.2, 0) is 4.79 Å². The van der Waals surface area contributed by atoms with Gasteiger partial charge in [0.25, 0.3) is 0 Å². The molecule has 4 heteroatoms. The molecule has 0 bridgehead atoms. The number of amides is 1. The Labute approximate surface area is 81.7 Å². The lowest BCUT2D eigenvalue weighted by molar-refractivity contribution is -0.131. The summed E-state index contributed by atoms with van der Waals surface area (Å²) in [4.78, 5) is 21.5. The number of aryl methyl sites for hydroxylation is 1. The maximum atomic E-state index is 10.9. The first kappa shape index (κ1) is 10.2. The number of hydrogen-bond acceptors (Lipinski definition) is 3. The molecule has 1 amide bonds. The Bertz CT molecular complexity index is 385. The highest BCUT2D eigenvalue weighted by molar-refractivity contribution is 5.93. The topological polar surface area (TPSA) is 69.4 Å². The average molecular weight is 193 g/mol. The third-order valence-corrected chi connectivity index (χ3v) is 1.60. The van der Waals surface area contributed by atoms with Crippen LogP contribution in [0.5, 0.6) is 5.75 Å². The Morgan fingerprint density at radius 2 is 1.93 bits per heavy atom. The van der Waals surface area contributed by atoms with Gasteiger partial charge in [0.05, 0.1) is 0 Å². The van der Waals surface area contributed by atoms with Crippen LogP contribution in [0.1, 0.15) is 22.8 Å². The standard InChI is InChI=1S/C10H11NO3/c1-6-3-8(10(11)13)5-9(4-6)14-7(2)12/h3-5H,1-2H3,(H2,11,13). The molecule has 0 fully saturated rings. The minimum atomic E-state index is -0.540.